The summed E-state index contributed by atoms with van der Waals surface area (Å²) in [7, 11) is -0.613. The fourth-order valence-electron chi connectivity index (χ4n) is 2.98. The standard InChI is InChI=1S/C20H27N3O6S/c1-14(24)22-15-4-7-17(8-5-15)30(27,28)21-13-12-16-6-9-18(23(16)2)19(25)10-11-20(26)29-3/h4-9,19,21,25H,10-13H2,1-3H3,(H,22,24). The largest absolute Gasteiger partial charge is 0.469 e. The number of aliphatic hydroxyl groups excluding tert-OH is 1. The minimum atomic E-state index is -3.69. The quantitative estimate of drug-likeness (QED) is 0.484. The Hall–Kier alpha value is -2.69. The van der Waals surface area contributed by atoms with Crippen LogP contribution in [0.1, 0.15) is 37.3 Å². The normalized spacial score (nSPS) is 12.4. The average molecular weight is 438 g/mol. The van der Waals surface area contributed by atoms with Gasteiger partial charge in [0, 0.05) is 50.4 Å². The molecular formula is C20H27N3O6S. The fraction of sp³-hybridized carbons (Fsp3) is 0.400. The van der Waals surface area contributed by atoms with Crippen molar-refractivity contribution in [3.05, 3.63) is 47.8 Å². The third kappa shape index (κ3) is 6.41. The summed E-state index contributed by atoms with van der Waals surface area (Å²) in [5.74, 6) is -0.621. The minimum absolute atomic E-state index is 0.0994. The van der Waals surface area contributed by atoms with Crippen molar-refractivity contribution in [2.75, 3.05) is 19.0 Å². The Kier molecular flexibility index (Phi) is 8.16. The van der Waals surface area contributed by atoms with Gasteiger partial charge in [0.1, 0.15) is 0 Å². The molecule has 10 heteroatoms. The second-order valence-corrected chi connectivity index (χ2v) is 8.56. The topological polar surface area (TPSA) is 127 Å². The lowest BCUT2D eigenvalue weighted by Gasteiger charge is -2.13. The Balaban J connectivity index is 1.93. The number of hydrogen-bond donors (Lipinski definition) is 3. The number of carbonyl (C=O) groups excluding carboxylic acids is 2. The monoisotopic (exact) mass is 437 g/mol. The van der Waals surface area contributed by atoms with Crippen LogP contribution in [0, 0.1) is 0 Å². The number of anilines is 1. The molecule has 1 aromatic heterocycles. The van der Waals surface area contributed by atoms with Crippen molar-refractivity contribution >= 4 is 27.6 Å². The van der Waals surface area contributed by atoms with Crippen LogP contribution in [0.15, 0.2) is 41.3 Å². The van der Waals surface area contributed by atoms with Crippen LogP contribution in [0.5, 0.6) is 0 Å². The first kappa shape index (κ1) is 23.6. The van der Waals surface area contributed by atoms with Crippen LogP contribution in [-0.4, -0.2) is 43.6 Å². The maximum absolute atomic E-state index is 12.4. The number of nitrogens with zero attached hydrogens (tertiary/aromatic N) is 1. The summed E-state index contributed by atoms with van der Waals surface area (Å²) < 4.78 is 33.8. The van der Waals surface area contributed by atoms with Crippen LogP contribution in [0.3, 0.4) is 0 Å². The molecule has 0 saturated carbocycles. The maximum atomic E-state index is 12.4. The number of carbonyl (C=O) groups is 2. The zero-order valence-corrected chi connectivity index (χ0v) is 18.0. The van der Waals surface area contributed by atoms with Crippen molar-refractivity contribution in [3.8, 4) is 0 Å². The molecule has 0 fully saturated rings. The lowest BCUT2D eigenvalue weighted by Crippen LogP contribution is -2.26. The van der Waals surface area contributed by atoms with Crippen LogP contribution >= 0.6 is 0 Å². The molecule has 0 bridgehead atoms. The molecule has 3 N–H and O–H groups in total. The molecule has 9 nitrogen and oxygen atoms in total. The summed E-state index contributed by atoms with van der Waals surface area (Å²) >= 11 is 0. The molecule has 2 aromatic rings. The van der Waals surface area contributed by atoms with E-state index in [0.717, 1.165) is 5.69 Å². The van der Waals surface area contributed by atoms with Crippen molar-refractivity contribution in [1.82, 2.24) is 9.29 Å². The van der Waals surface area contributed by atoms with E-state index in [1.54, 1.807) is 17.7 Å². The van der Waals surface area contributed by atoms with Crippen LogP contribution in [-0.2, 0) is 37.8 Å². The lowest BCUT2D eigenvalue weighted by molar-refractivity contribution is -0.141. The van der Waals surface area contributed by atoms with E-state index in [1.807, 2.05) is 6.07 Å². The molecule has 0 aliphatic carbocycles. The first-order chi connectivity index (χ1) is 14.1. The van der Waals surface area contributed by atoms with E-state index in [2.05, 4.69) is 14.8 Å². The van der Waals surface area contributed by atoms with Crippen LogP contribution < -0.4 is 10.0 Å². The van der Waals surface area contributed by atoms with Gasteiger partial charge in [0.05, 0.1) is 18.1 Å². The maximum Gasteiger partial charge on any atom is 0.305 e. The Morgan fingerprint density at radius 3 is 2.43 bits per heavy atom. The molecule has 164 valence electrons. The highest BCUT2D eigenvalue weighted by Crippen LogP contribution is 2.21. The number of hydrogen-bond acceptors (Lipinski definition) is 6. The summed E-state index contributed by atoms with van der Waals surface area (Å²) in [4.78, 5) is 22.4. The molecule has 0 aliphatic heterocycles. The molecule has 0 aliphatic rings. The number of sulfonamides is 1. The Morgan fingerprint density at radius 2 is 1.83 bits per heavy atom. The van der Waals surface area contributed by atoms with Gasteiger partial charge in [-0.3, -0.25) is 9.59 Å². The van der Waals surface area contributed by atoms with Crippen LogP contribution in [0.4, 0.5) is 5.69 Å². The minimum Gasteiger partial charge on any atom is -0.469 e. The molecule has 0 radical (unpaired) electrons. The van der Waals surface area contributed by atoms with Gasteiger partial charge in [-0.05, 0) is 42.8 Å². The number of amides is 1. The third-order valence-electron chi connectivity index (χ3n) is 4.61. The smallest absolute Gasteiger partial charge is 0.305 e. The van der Waals surface area contributed by atoms with Crippen molar-refractivity contribution in [2.45, 2.75) is 37.2 Å². The van der Waals surface area contributed by atoms with Gasteiger partial charge < -0.3 is 19.7 Å². The number of aromatic nitrogens is 1. The van der Waals surface area contributed by atoms with Gasteiger partial charge in [0.15, 0.2) is 0 Å². The molecular weight excluding hydrogens is 410 g/mol. The lowest BCUT2D eigenvalue weighted by atomic mass is 10.1. The second kappa shape index (κ2) is 10.4. The number of esters is 1. The molecule has 30 heavy (non-hydrogen) atoms. The summed E-state index contributed by atoms with van der Waals surface area (Å²) in [6.07, 6.45) is -0.0469. The Bertz CT molecular complexity index is 982. The summed E-state index contributed by atoms with van der Waals surface area (Å²) in [5.41, 5.74) is 2.00. The second-order valence-electron chi connectivity index (χ2n) is 6.79. The van der Waals surface area contributed by atoms with E-state index in [4.69, 9.17) is 0 Å². The van der Waals surface area contributed by atoms with Crippen molar-refractivity contribution in [1.29, 1.82) is 0 Å². The SMILES string of the molecule is COC(=O)CCC(O)c1ccc(CCNS(=O)(=O)c2ccc(NC(C)=O)cc2)n1C. The number of benzene rings is 1. The average Bonchev–Trinajstić information content (AvgIpc) is 3.06. The van der Waals surface area contributed by atoms with Gasteiger partial charge >= 0.3 is 5.97 Å². The highest BCUT2D eigenvalue weighted by Gasteiger charge is 2.17. The van der Waals surface area contributed by atoms with E-state index in [0.29, 0.717) is 17.8 Å². The van der Waals surface area contributed by atoms with Gasteiger partial charge in [-0.1, -0.05) is 0 Å². The van der Waals surface area contributed by atoms with Gasteiger partial charge in [-0.25, -0.2) is 13.1 Å². The number of rotatable bonds is 10. The number of nitrogens with one attached hydrogen (secondary N) is 2. The van der Waals surface area contributed by atoms with Gasteiger partial charge in [0.2, 0.25) is 15.9 Å². The van der Waals surface area contributed by atoms with Crippen LogP contribution in [0.2, 0.25) is 0 Å². The molecule has 1 amide bonds. The first-order valence-electron chi connectivity index (χ1n) is 9.40. The Labute approximate surface area is 176 Å². The number of methoxy groups -OCH3 is 1. The van der Waals surface area contributed by atoms with Gasteiger partial charge in [-0.15, -0.1) is 0 Å². The molecule has 0 saturated heterocycles. The summed E-state index contributed by atoms with van der Waals surface area (Å²) in [6.45, 7) is 1.55. The molecule has 0 spiro atoms. The molecule has 1 unspecified atom stereocenters. The highest BCUT2D eigenvalue weighted by atomic mass is 32.2. The Morgan fingerprint density at radius 1 is 1.17 bits per heavy atom. The van der Waals surface area contributed by atoms with E-state index < -0.39 is 16.1 Å². The van der Waals surface area contributed by atoms with Gasteiger partial charge in [-0.2, -0.15) is 0 Å². The zero-order chi connectivity index (χ0) is 22.3. The van der Waals surface area contributed by atoms with Crippen LogP contribution in [0.25, 0.3) is 0 Å². The van der Waals surface area contributed by atoms with E-state index in [-0.39, 0.29) is 36.2 Å². The van der Waals surface area contributed by atoms with Crippen molar-refractivity contribution in [2.24, 2.45) is 7.05 Å². The molecule has 1 heterocycles. The third-order valence-corrected chi connectivity index (χ3v) is 6.09. The molecule has 1 atom stereocenters. The summed E-state index contributed by atoms with van der Waals surface area (Å²) in [6, 6.07) is 9.46. The fourth-order valence-corrected chi connectivity index (χ4v) is 4.01. The van der Waals surface area contributed by atoms with E-state index in [9.17, 15) is 23.1 Å². The van der Waals surface area contributed by atoms with Gasteiger partial charge in [0.25, 0.3) is 0 Å². The van der Waals surface area contributed by atoms with E-state index in [1.165, 1.54) is 38.3 Å². The predicted molar refractivity (Wildman–Crippen MR) is 111 cm³/mol. The first-order valence-corrected chi connectivity index (χ1v) is 10.9. The van der Waals surface area contributed by atoms with E-state index >= 15 is 0 Å². The highest BCUT2D eigenvalue weighted by molar-refractivity contribution is 7.89. The zero-order valence-electron chi connectivity index (χ0n) is 17.2. The molecule has 2 rings (SSSR count). The van der Waals surface area contributed by atoms with Crippen molar-refractivity contribution in [3.63, 3.8) is 0 Å². The predicted octanol–water partition coefficient (Wildman–Crippen LogP) is 1.49. The molecule has 1 aromatic carbocycles. The summed E-state index contributed by atoms with van der Waals surface area (Å²) in [5, 5.41) is 12.9. The number of aliphatic hydroxyl groups is 1. The number of ether oxygens (including phenoxy) is 1. The van der Waals surface area contributed by atoms with Crippen molar-refractivity contribution < 1.29 is 27.9 Å².